The van der Waals surface area contributed by atoms with Gasteiger partial charge in [-0.1, -0.05) is 13.0 Å². The molecule has 0 aliphatic heterocycles. The molecule has 1 aromatic carbocycles. The number of anilines is 1. The first kappa shape index (κ1) is 15.9. The van der Waals surface area contributed by atoms with Gasteiger partial charge in [0, 0.05) is 26.7 Å². The Kier molecular flexibility index (Phi) is 7.40. The number of benzene rings is 1. The molecule has 0 aliphatic carbocycles. The Labute approximate surface area is 114 Å². The van der Waals surface area contributed by atoms with E-state index in [0.29, 0.717) is 31.9 Å². The predicted molar refractivity (Wildman–Crippen MR) is 75.0 cm³/mol. The van der Waals surface area contributed by atoms with Gasteiger partial charge in [0.05, 0.1) is 18.9 Å². The average molecular weight is 270 g/mol. The maximum absolute atomic E-state index is 14.1. The monoisotopic (exact) mass is 270 g/mol. The summed E-state index contributed by atoms with van der Waals surface area (Å²) in [5.41, 5.74) is 1.42. The average Bonchev–Trinajstić information content (AvgIpc) is 2.41. The summed E-state index contributed by atoms with van der Waals surface area (Å²) in [6.45, 7) is 4.96. The highest BCUT2D eigenvalue weighted by atomic mass is 19.1. The first-order valence-electron chi connectivity index (χ1n) is 6.56. The zero-order valence-corrected chi connectivity index (χ0v) is 11.7. The lowest BCUT2D eigenvalue weighted by Crippen LogP contribution is -2.31. The van der Waals surface area contributed by atoms with Crippen molar-refractivity contribution in [3.8, 4) is 0 Å². The van der Waals surface area contributed by atoms with Crippen LogP contribution in [-0.2, 0) is 11.3 Å². The summed E-state index contributed by atoms with van der Waals surface area (Å²) < 4.78 is 19.1. The molecule has 0 aromatic heterocycles. The number of nitrogens with zero attached hydrogens (tertiary/aromatic N) is 1. The number of aliphatic hydroxyl groups is 1. The summed E-state index contributed by atoms with van der Waals surface area (Å²) in [5.74, 6) is -0.264. The Morgan fingerprint density at radius 3 is 2.74 bits per heavy atom. The molecule has 0 saturated heterocycles. The molecule has 5 heteroatoms. The van der Waals surface area contributed by atoms with E-state index < -0.39 is 0 Å². The molecule has 0 amide bonds. The molecule has 0 unspecified atom stereocenters. The molecule has 1 aromatic rings. The molecule has 19 heavy (non-hydrogen) atoms. The summed E-state index contributed by atoms with van der Waals surface area (Å²) in [7, 11) is 1.60. The van der Waals surface area contributed by atoms with Gasteiger partial charge in [0.15, 0.2) is 0 Å². The topological polar surface area (TPSA) is 44.7 Å². The molecular weight excluding hydrogens is 247 g/mol. The van der Waals surface area contributed by atoms with E-state index in [-0.39, 0.29) is 12.4 Å². The molecular formula is C14H23FN2O2. The Hall–Kier alpha value is -1.17. The highest BCUT2D eigenvalue weighted by Crippen LogP contribution is 2.20. The minimum atomic E-state index is -0.264. The molecule has 0 saturated carbocycles. The van der Waals surface area contributed by atoms with Gasteiger partial charge in [-0.05, 0) is 24.2 Å². The number of aliphatic hydroxyl groups excluding tert-OH is 1. The second-order valence-electron chi connectivity index (χ2n) is 4.27. The molecule has 4 nitrogen and oxygen atoms in total. The van der Waals surface area contributed by atoms with Crippen molar-refractivity contribution in [2.24, 2.45) is 0 Å². The third-order valence-electron chi connectivity index (χ3n) is 2.87. The fourth-order valence-corrected chi connectivity index (χ4v) is 1.86. The predicted octanol–water partition coefficient (Wildman–Crippen LogP) is 1.38. The highest BCUT2D eigenvalue weighted by molar-refractivity contribution is 5.49. The maximum Gasteiger partial charge on any atom is 0.146 e. The van der Waals surface area contributed by atoms with Crippen LogP contribution in [0, 0.1) is 5.82 Å². The Morgan fingerprint density at radius 1 is 1.37 bits per heavy atom. The Morgan fingerprint density at radius 2 is 2.16 bits per heavy atom. The normalized spacial score (nSPS) is 10.7. The lowest BCUT2D eigenvalue weighted by atomic mass is 10.1. The smallest absolute Gasteiger partial charge is 0.146 e. The number of hydrogen-bond acceptors (Lipinski definition) is 4. The van der Waals surface area contributed by atoms with Crippen molar-refractivity contribution in [2.45, 2.75) is 13.5 Å². The summed E-state index contributed by atoms with van der Waals surface area (Å²) in [6, 6.07) is 5.20. The molecule has 0 fully saturated rings. The maximum atomic E-state index is 14.1. The zero-order chi connectivity index (χ0) is 14.1. The minimum absolute atomic E-state index is 0.0116. The van der Waals surface area contributed by atoms with E-state index in [1.807, 2.05) is 13.0 Å². The van der Waals surface area contributed by atoms with Crippen LogP contribution < -0.4 is 10.2 Å². The van der Waals surface area contributed by atoms with Gasteiger partial charge < -0.3 is 20.1 Å². The third kappa shape index (κ3) is 5.14. The van der Waals surface area contributed by atoms with Gasteiger partial charge in [0.25, 0.3) is 0 Å². The SMILES string of the molecule is CCNCc1ccc(N(CCO)CCOC)c(F)c1. The van der Waals surface area contributed by atoms with Crippen molar-refractivity contribution in [1.29, 1.82) is 0 Å². The minimum Gasteiger partial charge on any atom is -0.395 e. The first-order valence-corrected chi connectivity index (χ1v) is 6.56. The van der Waals surface area contributed by atoms with Crippen molar-refractivity contribution in [1.82, 2.24) is 5.32 Å². The van der Waals surface area contributed by atoms with E-state index in [2.05, 4.69) is 5.32 Å². The van der Waals surface area contributed by atoms with E-state index >= 15 is 0 Å². The van der Waals surface area contributed by atoms with E-state index in [9.17, 15) is 4.39 Å². The van der Waals surface area contributed by atoms with Gasteiger partial charge in [0.1, 0.15) is 5.82 Å². The second-order valence-corrected chi connectivity index (χ2v) is 4.27. The third-order valence-corrected chi connectivity index (χ3v) is 2.87. The molecule has 108 valence electrons. The zero-order valence-electron chi connectivity index (χ0n) is 11.7. The van der Waals surface area contributed by atoms with Crippen LogP contribution in [0.2, 0.25) is 0 Å². The lowest BCUT2D eigenvalue weighted by Gasteiger charge is -2.24. The van der Waals surface area contributed by atoms with E-state index in [4.69, 9.17) is 9.84 Å². The molecule has 0 spiro atoms. The van der Waals surface area contributed by atoms with E-state index in [1.54, 1.807) is 18.1 Å². The number of ether oxygens (including phenoxy) is 1. The van der Waals surface area contributed by atoms with Crippen LogP contribution in [0.4, 0.5) is 10.1 Å². The number of hydrogen-bond donors (Lipinski definition) is 2. The number of nitrogens with one attached hydrogen (secondary N) is 1. The standard InChI is InChI=1S/C14H23FN2O2/c1-3-16-11-12-4-5-14(13(15)10-12)17(6-8-18)7-9-19-2/h4-5,10,16,18H,3,6-9,11H2,1-2H3. The van der Waals surface area contributed by atoms with Gasteiger partial charge in [-0.2, -0.15) is 0 Å². The van der Waals surface area contributed by atoms with Gasteiger partial charge in [-0.15, -0.1) is 0 Å². The Balaban J connectivity index is 2.78. The van der Waals surface area contributed by atoms with Gasteiger partial charge in [-0.25, -0.2) is 4.39 Å². The molecule has 0 heterocycles. The Bertz CT molecular complexity index is 374. The first-order chi connectivity index (χ1) is 9.22. The van der Waals surface area contributed by atoms with Crippen LogP contribution in [-0.4, -0.2) is 45.1 Å². The largest absolute Gasteiger partial charge is 0.395 e. The van der Waals surface area contributed by atoms with E-state index in [1.165, 1.54) is 6.07 Å². The summed E-state index contributed by atoms with van der Waals surface area (Å²) in [5, 5.41) is 12.2. The van der Waals surface area contributed by atoms with Crippen molar-refractivity contribution >= 4 is 5.69 Å². The van der Waals surface area contributed by atoms with Crippen LogP contribution in [0.3, 0.4) is 0 Å². The van der Waals surface area contributed by atoms with Crippen LogP contribution in [0.5, 0.6) is 0 Å². The van der Waals surface area contributed by atoms with Crippen LogP contribution in [0.1, 0.15) is 12.5 Å². The quantitative estimate of drug-likeness (QED) is 0.711. The van der Waals surface area contributed by atoms with Gasteiger partial charge >= 0.3 is 0 Å². The number of halogens is 1. The molecule has 1 rings (SSSR count). The van der Waals surface area contributed by atoms with Gasteiger partial charge in [0.2, 0.25) is 0 Å². The van der Waals surface area contributed by atoms with Crippen molar-refractivity contribution < 1.29 is 14.2 Å². The summed E-state index contributed by atoms with van der Waals surface area (Å²) >= 11 is 0. The summed E-state index contributed by atoms with van der Waals surface area (Å²) in [6.07, 6.45) is 0. The second kappa shape index (κ2) is 8.85. The van der Waals surface area contributed by atoms with Crippen molar-refractivity contribution in [3.05, 3.63) is 29.6 Å². The molecule has 0 aliphatic rings. The highest BCUT2D eigenvalue weighted by Gasteiger charge is 2.11. The van der Waals surface area contributed by atoms with E-state index in [0.717, 1.165) is 12.1 Å². The fraction of sp³-hybridized carbons (Fsp3) is 0.571. The lowest BCUT2D eigenvalue weighted by molar-refractivity contribution is 0.202. The van der Waals surface area contributed by atoms with Gasteiger partial charge in [-0.3, -0.25) is 0 Å². The van der Waals surface area contributed by atoms with Crippen molar-refractivity contribution in [2.75, 3.05) is 44.9 Å². The molecule has 0 atom stereocenters. The van der Waals surface area contributed by atoms with Crippen LogP contribution in [0.15, 0.2) is 18.2 Å². The fourth-order valence-electron chi connectivity index (χ4n) is 1.86. The molecule has 0 bridgehead atoms. The van der Waals surface area contributed by atoms with Crippen LogP contribution >= 0.6 is 0 Å². The van der Waals surface area contributed by atoms with Crippen molar-refractivity contribution in [3.63, 3.8) is 0 Å². The summed E-state index contributed by atoms with van der Waals surface area (Å²) in [4.78, 5) is 1.79. The molecule has 0 radical (unpaired) electrons. The molecule has 2 N–H and O–H groups in total. The number of rotatable bonds is 9. The number of methoxy groups -OCH3 is 1. The van der Waals surface area contributed by atoms with Crippen LogP contribution in [0.25, 0.3) is 0 Å².